The molecule has 0 radical (unpaired) electrons. The van der Waals surface area contributed by atoms with Crippen molar-refractivity contribution in [3.8, 4) is 11.1 Å². The number of hydrogen-bond acceptors (Lipinski definition) is 4. The maximum atomic E-state index is 11.4. The Morgan fingerprint density at radius 3 is 2.88 bits per heavy atom. The number of ether oxygens (including phenoxy) is 1. The van der Waals surface area contributed by atoms with Crippen molar-refractivity contribution in [1.82, 2.24) is 0 Å². The molecule has 0 unspecified atom stereocenters. The van der Waals surface area contributed by atoms with Crippen molar-refractivity contribution in [3.63, 3.8) is 0 Å². The zero-order chi connectivity index (χ0) is 12.4. The lowest BCUT2D eigenvalue weighted by Crippen LogP contribution is -2.02. The fourth-order valence-electron chi connectivity index (χ4n) is 1.50. The lowest BCUT2D eigenvalue weighted by atomic mass is 10.1. The highest BCUT2D eigenvalue weighted by atomic mass is 35.5. The van der Waals surface area contributed by atoms with Crippen LogP contribution in [-0.4, -0.2) is 13.1 Å². The smallest absolute Gasteiger partial charge is 0.350 e. The van der Waals surface area contributed by atoms with Crippen LogP contribution in [-0.2, 0) is 4.74 Å². The number of carbonyl (C=O) groups is 1. The normalized spacial score (nSPS) is 10.2. The van der Waals surface area contributed by atoms with Crippen molar-refractivity contribution in [2.45, 2.75) is 0 Å². The molecule has 17 heavy (non-hydrogen) atoms. The summed E-state index contributed by atoms with van der Waals surface area (Å²) in [6.07, 6.45) is 0. The van der Waals surface area contributed by atoms with E-state index in [1.807, 2.05) is 17.5 Å². The van der Waals surface area contributed by atoms with Crippen LogP contribution in [0.5, 0.6) is 0 Å². The van der Waals surface area contributed by atoms with Gasteiger partial charge in [-0.2, -0.15) is 0 Å². The molecule has 0 bridgehead atoms. The van der Waals surface area contributed by atoms with E-state index in [0.29, 0.717) is 15.6 Å². The fraction of sp³-hybridized carbons (Fsp3) is 0.0833. The Balaban J connectivity index is 2.48. The molecule has 2 N–H and O–H groups in total. The van der Waals surface area contributed by atoms with Crippen molar-refractivity contribution in [2.75, 3.05) is 12.8 Å². The molecule has 0 saturated carbocycles. The molecular formula is C12H10ClNO2S. The Bertz CT molecular complexity index is 565. The summed E-state index contributed by atoms with van der Waals surface area (Å²) in [4.78, 5) is 11.8. The van der Waals surface area contributed by atoms with Crippen LogP contribution in [0.15, 0.2) is 29.6 Å². The minimum Gasteiger partial charge on any atom is -0.465 e. The van der Waals surface area contributed by atoms with Crippen molar-refractivity contribution in [1.29, 1.82) is 0 Å². The first-order valence-corrected chi connectivity index (χ1v) is 6.10. The molecule has 0 aliphatic carbocycles. The van der Waals surface area contributed by atoms with Crippen molar-refractivity contribution in [3.05, 3.63) is 39.5 Å². The van der Waals surface area contributed by atoms with E-state index in [9.17, 15) is 4.79 Å². The number of rotatable bonds is 2. The summed E-state index contributed by atoms with van der Waals surface area (Å²) in [6.45, 7) is 0. The first kappa shape index (κ1) is 12.0. The van der Waals surface area contributed by atoms with Gasteiger partial charge in [-0.25, -0.2) is 4.79 Å². The van der Waals surface area contributed by atoms with Gasteiger partial charge in [0.15, 0.2) is 0 Å². The van der Waals surface area contributed by atoms with Crippen molar-refractivity contribution in [2.24, 2.45) is 0 Å². The second-order valence-corrected chi connectivity index (χ2v) is 4.71. The first-order valence-electron chi connectivity index (χ1n) is 4.84. The third kappa shape index (κ3) is 2.28. The summed E-state index contributed by atoms with van der Waals surface area (Å²) in [5.41, 5.74) is 8.06. The van der Waals surface area contributed by atoms with Crippen molar-refractivity contribution >= 4 is 34.6 Å². The van der Waals surface area contributed by atoms with E-state index in [0.717, 1.165) is 11.1 Å². The van der Waals surface area contributed by atoms with Gasteiger partial charge in [-0.1, -0.05) is 23.7 Å². The average molecular weight is 268 g/mol. The van der Waals surface area contributed by atoms with Gasteiger partial charge in [0.2, 0.25) is 0 Å². The molecule has 2 rings (SSSR count). The minimum atomic E-state index is -0.416. The molecule has 1 aromatic heterocycles. The molecular weight excluding hydrogens is 258 g/mol. The van der Waals surface area contributed by atoms with Crippen LogP contribution in [0.2, 0.25) is 5.02 Å². The Kier molecular flexibility index (Phi) is 3.36. The van der Waals surface area contributed by atoms with E-state index in [-0.39, 0.29) is 0 Å². The van der Waals surface area contributed by atoms with Crippen LogP contribution in [0.25, 0.3) is 11.1 Å². The Morgan fingerprint density at radius 2 is 2.24 bits per heavy atom. The number of anilines is 1. The summed E-state index contributed by atoms with van der Waals surface area (Å²) >= 11 is 7.18. The fourth-order valence-corrected chi connectivity index (χ4v) is 2.60. The van der Waals surface area contributed by atoms with Gasteiger partial charge in [0.05, 0.1) is 12.8 Å². The molecule has 88 valence electrons. The first-order chi connectivity index (χ1) is 8.13. The number of nitrogens with two attached hydrogens (primary N) is 1. The van der Waals surface area contributed by atoms with E-state index < -0.39 is 5.97 Å². The number of methoxy groups -OCH3 is 1. The molecule has 5 heteroatoms. The lowest BCUT2D eigenvalue weighted by Gasteiger charge is -2.02. The van der Waals surface area contributed by atoms with Crippen LogP contribution >= 0.6 is 22.9 Å². The van der Waals surface area contributed by atoms with Gasteiger partial charge < -0.3 is 10.5 Å². The van der Waals surface area contributed by atoms with E-state index >= 15 is 0 Å². The summed E-state index contributed by atoms with van der Waals surface area (Å²) in [5.74, 6) is -0.416. The van der Waals surface area contributed by atoms with Crippen LogP contribution < -0.4 is 5.73 Å². The van der Waals surface area contributed by atoms with Crippen LogP contribution in [0.1, 0.15) is 9.67 Å². The molecule has 1 aromatic carbocycles. The summed E-state index contributed by atoms with van der Waals surface area (Å²) in [5, 5.41) is 2.46. The van der Waals surface area contributed by atoms with Crippen molar-refractivity contribution < 1.29 is 9.53 Å². The summed E-state index contributed by atoms with van der Waals surface area (Å²) in [6, 6.07) is 7.33. The van der Waals surface area contributed by atoms with Gasteiger partial charge in [-0.05, 0) is 17.7 Å². The zero-order valence-corrected chi connectivity index (χ0v) is 10.6. The molecule has 3 nitrogen and oxygen atoms in total. The molecule has 2 aromatic rings. The SMILES string of the molecule is COC(=O)c1scc(-c2cccc(Cl)c2)c1N. The van der Waals surface area contributed by atoms with Gasteiger partial charge in [-0.3, -0.25) is 0 Å². The van der Waals surface area contributed by atoms with Gasteiger partial charge in [0.1, 0.15) is 4.88 Å². The number of benzene rings is 1. The summed E-state index contributed by atoms with van der Waals surface area (Å²) in [7, 11) is 1.33. The van der Waals surface area contributed by atoms with Gasteiger partial charge in [0.25, 0.3) is 0 Å². The van der Waals surface area contributed by atoms with E-state index in [1.54, 1.807) is 12.1 Å². The zero-order valence-electron chi connectivity index (χ0n) is 9.07. The Hall–Kier alpha value is -1.52. The van der Waals surface area contributed by atoms with Crippen LogP contribution in [0.4, 0.5) is 5.69 Å². The highest BCUT2D eigenvalue weighted by Crippen LogP contribution is 2.35. The standard InChI is InChI=1S/C12H10ClNO2S/c1-16-12(15)11-10(14)9(6-17-11)7-3-2-4-8(13)5-7/h2-6H,14H2,1H3. The highest BCUT2D eigenvalue weighted by Gasteiger charge is 2.16. The number of carbonyl (C=O) groups excluding carboxylic acids is 1. The maximum Gasteiger partial charge on any atom is 0.350 e. The molecule has 0 spiro atoms. The van der Waals surface area contributed by atoms with E-state index in [4.69, 9.17) is 17.3 Å². The predicted octanol–water partition coefficient (Wildman–Crippen LogP) is 3.44. The molecule has 0 atom stereocenters. The predicted molar refractivity (Wildman–Crippen MR) is 70.5 cm³/mol. The summed E-state index contributed by atoms with van der Waals surface area (Å²) < 4.78 is 4.66. The van der Waals surface area contributed by atoms with Gasteiger partial charge >= 0.3 is 5.97 Å². The topological polar surface area (TPSA) is 52.3 Å². The molecule has 0 saturated heterocycles. The Labute approximate surface area is 108 Å². The van der Waals surface area contributed by atoms with Crippen LogP contribution in [0.3, 0.4) is 0 Å². The second kappa shape index (κ2) is 4.77. The second-order valence-electron chi connectivity index (χ2n) is 3.39. The number of esters is 1. The maximum absolute atomic E-state index is 11.4. The number of thiophene rings is 1. The molecule has 0 fully saturated rings. The molecule has 0 aliphatic heterocycles. The third-order valence-electron chi connectivity index (χ3n) is 2.34. The number of hydrogen-bond donors (Lipinski definition) is 1. The largest absolute Gasteiger partial charge is 0.465 e. The van der Waals surface area contributed by atoms with Crippen LogP contribution in [0, 0.1) is 0 Å². The molecule has 0 amide bonds. The minimum absolute atomic E-state index is 0.416. The van der Waals surface area contributed by atoms with Gasteiger partial charge in [-0.15, -0.1) is 11.3 Å². The lowest BCUT2D eigenvalue weighted by molar-refractivity contribution is 0.0607. The van der Waals surface area contributed by atoms with Gasteiger partial charge in [0, 0.05) is 16.0 Å². The van der Waals surface area contributed by atoms with E-state index in [2.05, 4.69) is 4.74 Å². The number of halogens is 1. The number of nitrogen functional groups attached to an aromatic ring is 1. The third-order valence-corrected chi connectivity index (χ3v) is 3.55. The van der Waals surface area contributed by atoms with E-state index in [1.165, 1.54) is 18.4 Å². The molecule has 1 heterocycles. The molecule has 0 aliphatic rings. The Morgan fingerprint density at radius 1 is 1.47 bits per heavy atom. The average Bonchev–Trinajstić information content (AvgIpc) is 2.70. The quantitative estimate of drug-likeness (QED) is 0.848. The highest BCUT2D eigenvalue weighted by molar-refractivity contribution is 7.13. The monoisotopic (exact) mass is 267 g/mol.